The number of carbonyl (C=O) groups excluding carboxylic acids is 1. The van der Waals surface area contributed by atoms with Crippen LogP contribution in [0, 0.1) is 13.8 Å². The molecule has 0 atom stereocenters. The van der Waals surface area contributed by atoms with E-state index in [1.807, 2.05) is 95.3 Å². The Morgan fingerprint density at radius 1 is 0.691 bits per heavy atom. The molecule has 6 aromatic rings. The van der Waals surface area contributed by atoms with E-state index in [4.69, 9.17) is 34.4 Å². The van der Waals surface area contributed by atoms with Gasteiger partial charge in [-0.15, -0.1) is 0 Å². The van der Waals surface area contributed by atoms with Crippen LogP contribution in [0.2, 0.25) is 0 Å². The van der Waals surface area contributed by atoms with E-state index in [2.05, 4.69) is 30.2 Å². The van der Waals surface area contributed by atoms with Crippen LogP contribution in [0.25, 0.3) is 45.0 Å². The molecule has 284 valence electrons. The summed E-state index contributed by atoms with van der Waals surface area (Å²) in [5, 5.41) is 2.75. The fraction of sp³-hybridized carbons (Fsp3) is 0.293. The lowest BCUT2D eigenvalue weighted by molar-refractivity contribution is 0.0522. The molecule has 0 unspecified atom stereocenters. The molecule has 5 N–H and O–H groups in total. The molecule has 0 fully saturated rings. The molecule has 2 aliphatic rings. The molecule has 0 saturated carbocycles. The first kappa shape index (κ1) is 36.9. The van der Waals surface area contributed by atoms with E-state index in [0.29, 0.717) is 44.5 Å². The molecule has 4 aromatic heterocycles. The maximum Gasteiger partial charge on any atom is 0.408 e. The number of amides is 1. The summed E-state index contributed by atoms with van der Waals surface area (Å²) < 4.78 is 28.0. The average Bonchev–Trinajstić information content (AvgIpc) is 3.82. The number of ether oxygens (including phenoxy) is 5. The molecular formula is C41H44N8O6. The molecule has 14 nitrogen and oxygen atoms in total. The van der Waals surface area contributed by atoms with Crippen LogP contribution in [0.1, 0.15) is 43.8 Å². The van der Waals surface area contributed by atoms with Crippen LogP contribution >= 0.6 is 0 Å². The molecule has 0 aliphatic carbocycles. The van der Waals surface area contributed by atoms with Gasteiger partial charge >= 0.3 is 6.09 Å². The van der Waals surface area contributed by atoms with Crippen molar-refractivity contribution in [3.63, 3.8) is 0 Å². The number of nitrogens with one attached hydrogen (secondary N) is 3. The van der Waals surface area contributed by atoms with Crippen molar-refractivity contribution in [1.29, 1.82) is 0 Å². The minimum atomic E-state index is -0.566. The molecule has 14 heteroatoms. The third kappa shape index (κ3) is 8.87. The molecular weight excluding hydrogens is 701 g/mol. The van der Waals surface area contributed by atoms with Gasteiger partial charge in [0.1, 0.15) is 43.7 Å². The second-order valence-corrected chi connectivity index (χ2v) is 14.0. The molecule has 0 saturated heterocycles. The third-order valence-electron chi connectivity index (χ3n) is 8.50. The van der Waals surface area contributed by atoms with Crippen molar-refractivity contribution in [2.45, 2.75) is 53.3 Å². The number of aryl methyl sites for hydroxylation is 2. The standard InChI is InChI=1S/C23H26N4O4.C18H18N4O2/c1-14-11-16(7-8-24-14)21-20(15-5-6-17-18(12-15)30-10-9-29-17)26-19(27-21)13-25-22(28)31-23(2,3)4;1-11-8-13(4-5-20-11)18-17(21-16(10-19)22-18)12-2-3-14-15(9-12)24-7-6-23-14/h5-8,11-12H,9-10,13H2,1-4H3,(H,25,28)(H,26,27);2-5,8-9H,6-7,10,19H2,1H3,(H,21,22). The normalized spacial score (nSPS) is 13.1. The van der Waals surface area contributed by atoms with E-state index in [1.54, 1.807) is 12.4 Å². The number of hydrogen-bond donors (Lipinski definition) is 4. The summed E-state index contributed by atoms with van der Waals surface area (Å²) >= 11 is 0. The van der Waals surface area contributed by atoms with Crippen molar-refractivity contribution in [3.05, 3.63) is 96.1 Å². The highest BCUT2D eigenvalue weighted by molar-refractivity contribution is 5.81. The number of imidazole rings is 2. The van der Waals surface area contributed by atoms with Crippen LogP contribution in [-0.4, -0.2) is 68.0 Å². The van der Waals surface area contributed by atoms with Crippen LogP contribution in [0.3, 0.4) is 0 Å². The number of nitrogens with zero attached hydrogens (tertiary/aromatic N) is 4. The van der Waals surface area contributed by atoms with E-state index >= 15 is 0 Å². The van der Waals surface area contributed by atoms with Crippen LogP contribution in [0.4, 0.5) is 4.79 Å². The summed E-state index contributed by atoms with van der Waals surface area (Å²) in [5.41, 5.74) is 14.2. The van der Waals surface area contributed by atoms with E-state index < -0.39 is 11.7 Å². The number of aromatic nitrogens is 6. The smallest absolute Gasteiger partial charge is 0.408 e. The highest BCUT2D eigenvalue weighted by atomic mass is 16.6. The van der Waals surface area contributed by atoms with Crippen molar-refractivity contribution in [2.75, 3.05) is 26.4 Å². The van der Waals surface area contributed by atoms with E-state index in [9.17, 15) is 4.79 Å². The fourth-order valence-electron chi connectivity index (χ4n) is 6.11. The van der Waals surface area contributed by atoms with Crippen molar-refractivity contribution >= 4 is 6.09 Å². The Kier molecular flexibility index (Phi) is 10.7. The first-order valence-electron chi connectivity index (χ1n) is 18.0. The van der Waals surface area contributed by atoms with Crippen molar-refractivity contribution in [3.8, 4) is 68.0 Å². The minimum absolute atomic E-state index is 0.205. The Labute approximate surface area is 318 Å². The number of alkyl carbamates (subject to hydrolysis) is 1. The zero-order valence-electron chi connectivity index (χ0n) is 31.5. The second-order valence-electron chi connectivity index (χ2n) is 14.0. The molecule has 2 aliphatic heterocycles. The van der Waals surface area contributed by atoms with Gasteiger partial charge in [-0.1, -0.05) is 0 Å². The van der Waals surface area contributed by atoms with Gasteiger partial charge in [0, 0.05) is 46.0 Å². The molecule has 8 rings (SSSR count). The van der Waals surface area contributed by atoms with Gasteiger partial charge in [0.05, 0.1) is 35.9 Å². The topological polar surface area (TPSA) is 184 Å². The molecule has 2 aromatic carbocycles. The monoisotopic (exact) mass is 744 g/mol. The average molecular weight is 745 g/mol. The summed E-state index contributed by atoms with van der Waals surface area (Å²) in [6.45, 7) is 12.1. The van der Waals surface area contributed by atoms with E-state index in [0.717, 1.165) is 79.5 Å². The second kappa shape index (κ2) is 15.9. The quantitative estimate of drug-likeness (QED) is 0.133. The van der Waals surface area contributed by atoms with Crippen molar-refractivity contribution < 1.29 is 28.5 Å². The molecule has 0 spiro atoms. The van der Waals surface area contributed by atoms with Gasteiger partial charge in [-0.25, -0.2) is 14.8 Å². The maximum atomic E-state index is 12.1. The maximum absolute atomic E-state index is 12.1. The Morgan fingerprint density at radius 2 is 1.16 bits per heavy atom. The largest absolute Gasteiger partial charge is 0.486 e. The molecule has 0 radical (unpaired) electrons. The van der Waals surface area contributed by atoms with Gasteiger partial charge in [0.2, 0.25) is 0 Å². The number of aromatic amines is 2. The number of carbonyl (C=O) groups is 1. The predicted molar refractivity (Wildman–Crippen MR) is 207 cm³/mol. The van der Waals surface area contributed by atoms with E-state index in [-0.39, 0.29) is 6.54 Å². The Balaban J connectivity index is 0.000000174. The summed E-state index contributed by atoms with van der Waals surface area (Å²) in [7, 11) is 0. The minimum Gasteiger partial charge on any atom is -0.486 e. The van der Waals surface area contributed by atoms with Gasteiger partial charge < -0.3 is 44.7 Å². The highest BCUT2D eigenvalue weighted by Gasteiger charge is 2.21. The molecule has 0 bridgehead atoms. The van der Waals surface area contributed by atoms with Crippen LogP contribution in [-0.2, 0) is 17.8 Å². The van der Waals surface area contributed by atoms with Gasteiger partial charge in [-0.05, 0) is 95.3 Å². The first-order chi connectivity index (χ1) is 26.5. The summed E-state index contributed by atoms with van der Waals surface area (Å²) in [6.07, 6.45) is 3.06. The van der Waals surface area contributed by atoms with Crippen LogP contribution in [0.15, 0.2) is 73.1 Å². The van der Waals surface area contributed by atoms with Crippen molar-refractivity contribution in [2.24, 2.45) is 5.73 Å². The Hall–Kier alpha value is -6.41. The molecule has 6 heterocycles. The number of benzene rings is 2. The van der Waals surface area contributed by atoms with E-state index in [1.165, 1.54) is 0 Å². The van der Waals surface area contributed by atoms with Gasteiger partial charge in [0.25, 0.3) is 0 Å². The summed E-state index contributed by atoms with van der Waals surface area (Å²) in [5.74, 6) is 4.27. The summed E-state index contributed by atoms with van der Waals surface area (Å²) in [4.78, 5) is 36.7. The SMILES string of the molecule is Cc1cc(-c2[nH]c(CN)nc2-c2ccc3c(c2)OCCO3)ccn1.Cc1cc(-c2[nH]c(CNC(=O)OC(C)(C)C)nc2-c2ccc3c(c2)OCCO3)ccn1. The zero-order chi connectivity index (χ0) is 38.5. The predicted octanol–water partition coefficient (Wildman–Crippen LogP) is 6.92. The lowest BCUT2D eigenvalue weighted by atomic mass is 10.0. The van der Waals surface area contributed by atoms with Crippen LogP contribution in [0.5, 0.6) is 23.0 Å². The summed E-state index contributed by atoms with van der Waals surface area (Å²) in [6, 6.07) is 19.5. The Morgan fingerprint density at radius 3 is 1.64 bits per heavy atom. The van der Waals surface area contributed by atoms with Crippen LogP contribution < -0.4 is 30.0 Å². The van der Waals surface area contributed by atoms with Gasteiger partial charge in [0.15, 0.2) is 23.0 Å². The van der Waals surface area contributed by atoms with Crippen molar-refractivity contribution in [1.82, 2.24) is 35.2 Å². The number of rotatable bonds is 7. The fourth-order valence-corrected chi connectivity index (χ4v) is 6.11. The lowest BCUT2D eigenvalue weighted by Crippen LogP contribution is -2.32. The molecule has 55 heavy (non-hydrogen) atoms. The number of fused-ring (bicyclic) bond motifs is 2. The number of hydrogen-bond acceptors (Lipinski definition) is 11. The zero-order valence-corrected chi connectivity index (χ0v) is 31.5. The van der Waals surface area contributed by atoms with Gasteiger partial charge in [-0.3, -0.25) is 9.97 Å². The number of H-pyrrole nitrogens is 2. The first-order valence-corrected chi connectivity index (χ1v) is 18.0. The van der Waals surface area contributed by atoms with Gasteiger partial charge in [-0.2, -0.15) is 0 Å². The molecule has 1 amide bonds. The lowest BCUT2D eigenvalue weighted by Gasteiger charge is -2.19. The third-order valence-corrected chi connectivity index (χ3v) is 8.50. The Bertz CT molecular complexity index is 2310. The number of nitrogens with two attached hydrogens (primary N) is 1. The highest BCUT2D eigenvalue weighted by Crippen LogP contribution is 2.39. The number of pyridine rings is 2.